The highest BCUT2D eigenvalue weighted by Gasteiger charge is 2.58. The van der Waals surface area contributed by atoms with Gasteiger partial charge in [0.2, 0.25) is 5.88 Å². The van der Waals surface area contributed by atoms with Gasteiger partial charge in [0.05, 0.1) is 18.3 Å². The summed E-state index contributed by atoms with van der Waals surface area (Å²) >= 11 is 0. The average molecular weight is 552 g/mol. The van der Waals surface area contributed by atoms with Crippen molar-refractivity contribution in [2.75, 3.05) is 6.61 Å². The minimum absolute atomic E-state index is 0.104. The maximum absolute atomic E-state index is 15.0. The van der Waals surface area contributed by atoms with E-state index in [1.807, 2.05) is 19.9 Å². The van der Waals surface area contributed by atoms with Crippen LogP contribution in [0, 0.1) is 37.3 Å². The number of rotatable bonds is 10. The minimum Gasteiger partial charge on any atom is -0.493 e. The second-order valence-corrected chi connectivity index (χ2v) is 11.7. The highest BCUT2D eigenvalue weighted by molar-refractivity contribution is 5.84. The molecule has 2 N–H and O–H groups in total. The van der Waals surface area contributed by atoms with E-state index in [0.29, 0.717) is 23.1 Å². The topological polar surface area (TPSA) is 88.9 Å². The first-order chi connectivity index (χ1) is 18.8. The largest absolute Gasteiger partial charge is 0.493 e. The maximum atomic E-state index is 15.0. The van der Waals surface area contributed by atoms with Crippen LogP contribution in [0.4, 0.5) is 8.78 Å². The van der Waals surface area contributed by atoms with E-state index in [-0.39, 0.29) is 48.4 Å². The molecule has 0 radical (unpaired) electrons. The summed E-state index contributed by atoms with van der Waals surface area (Å²) in [5.41, 5.74) is 3.58. The lowest BCUT2D eigenvalue weighted by Gasteiger charge is -2.24. The van der Waals surface area contributed by atoms with Gasteiger partial charge in [-0.15, -0.1) is 0 Å². The summed E-state index contributed by atoms with van der Waals surface area (Å²) < 4.78 is 41.4. The highest BCUT2D eigenvalue weighted by Crippen LogP contribution is 2.61. The Kier molecular flexibility index (Phi) is 7.44. The molecule has 5 rings (SSSR count). The summed E-state index contributed by atoms with van der Waals surface area (Å²) in [4.78, 5) is 16.1. The fourth-order valence-electron chi connectivity index (χ4n) is 6.02. The second kappa shape index (κ2) is 10.6. The van der Waals surface area contributed by atoms with Crippen LogP contribution in [-0.4, -0.2) is 39.3 Å². The van der Waals surface area contributed by atoms with Gasteiger partial charge in [-0.2, -0.15) is 0 Å². The molecule has 1 fully saturated rings. The molecule has 212 valence electrons. The smallest absolute Gasteiger partial charge is 0.213 e. The van der Waals surface area contributed by atoms with Crippen molar-refractivity contribution in [2.24, 2.45) is 11.8 Å². The van der Waals surface area contributed by atoms with Crippen LogP contribution in [0.15, 0.2) is 36.5 Å². The van der Waals surface area contributed by atoms with Gasteiger partial charge in [0, 0.05) is 41.8 Å². The Bertz CT molecular complexity index is 1440. The van der Waals surface area contributed by atoms with Crippen LogP contribution >= 0.6 is 0 Å². The van der Waals surface area contributed by atoms with Crippen LogP contribution in [0.25, 0.3) is 11.1 Å². The van der Waals surface area contributed by atoms with Crippen molar-refractivity contribution < 1.29 is 33.3 Å². The zero-order chi connectivity index (χ0) is 28.9. The number of carbonyl (C=O) groups excluding carboxylic acids is 1. The molecule has 1 heterocycles. The van der Waals surface area contributed by atoms with Crippen molar-refractivity contribution in [3.63, 3.8) is 0 Å². The monoisotopic (exact) mass is 551 g/mol. The summed E-state index contributed by atoms with van der Waals surface area (Å²) in [5, 5.41) is 19.9. The number of aryl methyl sites for hydroxylation is 2. The zero-order valence-electron chi connectivity index (χ0n) is 23.4. The Morgan fingerprint density at radius 3 is 2.45 bits per heavy atom. The van der Waals surface area contributed by atoms with Crippen molar-refractivity contribution in [1.29, 1.82) is 0 Å². The molecule has 0 aliphatic heterocycles. The quantitative estimate of drug-likeness (QED) is 0.341. The molecule has 1 aromatic heterocycles. The molecule has 3 aromatic rings. The summed E-state index contributed by atoms with van der Waals surface area (Å²) in [6, 6.07) is 7.75. The molecule has 8 heteroatoms. The number of aliphatic hydroxyl groups excluding tert-OH is 1. The van der Waals surface area contributed by atoms with Crippen LogP contribution in [-0.2, 0) is 17.8 Å². The van der Waals surface area contributed by atoms with Gasteiger partial charge in [0.25, 0.3) is 0 Å². The Morgan fingerprint density at radius 1 is 1.10 bits per heavy atom. The average Bonchev–Trinajstić information content (AvgIpc) is 3.46. The predicted octanol–water partition coefficient (Wildman–Crippen LogP) is 5.60. The van der Waals surface area contributed by atoms with Crippen molar-refractivity contribution in [2.45, 2.75) is 71.7 Å². The molecule has 0 saturated heterocycles. The van der Waals surface area contributed by atoms with Crippen LogP contribution in [0.2, 0.25) is 0 Å². The van der Waals surface area contributed by atoms with Gasteiger partial charge >= 0.3 is 0 Å². The Morgan fingerprint density at radius 2 is 1.80 bits per heavy atom. The summed E-state index contributed by atoms with van der Waals surface area (Å²) in [6.07, 6.45) is 1.89. The molecule has 1 saturated carbocycles. The molecule has 1 unspecified atom stereocenters. The molecule has 2 aliphatic rings. The van der Waals surface area contributed by atoms with Crippen LogP contribution in [0.1, 0.15) is 60.9 Å². The van der Waals surface area contributed by atoms with E-state index < -0.39 is 23.3 Å². The highest BCUT2D eigenvalue weighted by atomic mass is 19.1. The first kappa shape index (κ1) is 28.2. The lowest BCUT2D eigenvalue weighted by molar-refractivity contribution is -0.118. The summed E-state index contributed by atoms with van der Waals surface area (Å²) in [7, 11) is 0. The van der Waals surface area contributed by atoms with Gasteiger partial charge in [-0.05, 0) is 98.9 Å². The molecule has 0 amide bonds. The summed E-state index contributed by atoms with van der Waals surface area (Å²) in [5.74, 6) is 0.483. The predicted molar refractivity (Wildman–Crippen MR) is 146 cm³/mol. The molecule has 2 aliphatic carbocycles. The third-order valence-corrected chi connectivity index (χ3v) is 8.21. The van der Waals surface area contributed by atoms with Crippen molar-refractivity contribution in [3.05, 3.63) is 76.0 Å². The lowest BCUT2D eigenvalue weighted by Crippen LogP contribution is -2.36. The number of hydrogen-bond donors (Lipinski definition) is 2. The number of halogens is 2. The first-order valence-corrected chi connectivity index (χ1v) is 13.6. The number of pyridine rings is 1. The van der Waals surface area contributed by atoms with E-state index >= 15 is 4.39 Å². The maximum Gasteiger partial charge on any atom is 0.213 e. The fourth-order valence-corrected chi connectivity index (χ4v) is 6.02. The third kappa shape index (κ3) is 5.47. The number of ketones is 1. The lowest BCUT2D eigenvalue weighted by atomic mass is 9.93. The number of fused-ring (bicyclic) bond motifs is 3. The van der Waals surface area contributed by atoms with E-state index in [9.17, 15) is 19.4 Å². The standard InChI is InChI=1S/C32H35F2NO5/c1-16-8-21(39-7-6-27(37)32(4,5)38)9-17(2)29(16)22-11-20(25(33)13-26(22)34)15-40-28-12-19-10-23-30(18(3)36)31(23)24(19)14-35-28/h8-9,11-14,23,27,30-31,37-38H,6-7,10,15H2,1-5H3/t23-,27?,30-,31+/m0/s1. The van der Waals surface area contributed by atoms with E-state index in [2.05, 4.69) is 4.98 Å². The minimum atomic E-state index is -1.22. The molecule has 0 bridgehead atoms. The fraction of sp³-hybridized carbons (Fsp3) is 0.438. The molecule has 4 atom stereocenters. The Labute approximate surface area is 233 Å². The van der Waals surface area contributed by atoms with Crippen molar-refractivity contribution in [1.82, 2.24) is 4.98 Å². The van der Waals surface area contributed by atoms with Crippen LogP contribution in [0.5, 0.6) is 11.6 Å². The number of carbonyl (C=O) groups is 1. The zero-order valence-corrected chi connectivity index (χ0v) is 23.4. The third-order valence-electron chi connectivity index (χ3n) is 8.21. The molecular formula is C32H35F2NO5. The molecule has 0 spiro atoms. The number of benzene rings is 2. The number of ether oxygens (including phenoxy) is 2. The Hall–Kier alpha value is -3.36. The molecule has 2 aromatic carbocycles. The van der Waals surface area contributed by atoms with Gasteiger partial charge in [0.15, 0.2) is 0 Å². The molecule has 6 nitrogen and oxygen atoms in total. The van der Waals surface area contributed by atoms with Gasteiger partial charge in [0.1, 0.15) is 29.8 Å². The van der Waals surface area contributed by atoms with Crippen LogP contribution in [0.3, 0.4) is 0 Å². The van der Waals surface area contributed by atoms with Gasteiger partial charge in [-0.25, -0.2) is 13.8 Å². The van der Waals surface area contributed by atoms with E-state index in [1.165, 1.54) is 19.9 Å². The van der Waals surface area contributed by atoms with Crippen molar-refractivity contribution in [3.8, 4) is 22.8 Å². The SMILES string of the molecule is CC(=O)[C@H]1[C@@H]2Cc3cc(OCc4cc(-c5c(C)cc(OCCC(O)C(C)(C)O)cc5C)c(F)cc4F)ncc3[C@@H]21. The Balaban J connectivity index is 1.30. The second-order valence-electron chi connectivity index (χ2n) is 11.7. The number of hydrogen-bond acceptors (Lipinski definition) is 6. The molecular weight excluding hydrogens is 516 g/mol. The van der Waals surface area contributed by atoms with E-state index in [4.69, 9.17) is 9.47 Å². The normalized spacial score (nSPS) is 20.1. The number of Topliss-reactive ketones (excluding diaryl/α,β-unsaturated/α-hetero) is 1. The molecule has 40 heavy (non-hydrogen) atoms. The number of aromatic nitrogens is 1. The van der Waals surface area contributed by atoms with E-state index in [0.717, 1.165) is 34.7 Å². The van der Waals surface area contributed by atoms with Crippen LogP contribution < -0.4 is 9.47 Å². The van der Waals surface area contributed by atoms with Gasteiger partial charge < -0.3 is 19.7 Å². The van der Waals surface area contributed by atoms with Gasteiger partial charge in [-0.1, -0.05) is 0 Å². The number of nitrogens with zero attached hydrogens (tertiary/aromatic N) is 1. The van der Waals surface area contributed by atoms with E-state index in [1.54, 1.807) is 25.3 Å². The summed E-state index contributed by atoms with van der Waals surface area (Å²) in [6.45, 7) is 8.45. The van der Waals surface area contributed by atoms with Gasteiger partial charge in [-0.3, -0.25) is 4.79 Å². The number of aliphatic hydroxyl groups is 2. The first-order valence-electron chi connectivity index (χ1n) is 13.6. The van der Waals surface area contributed by atoms with Crippen molar-refractivity contribution >= 4 is 5.78 Å².